The summed E-state index contributed by atoms with van der Waals surface area (Å²) in [5, 5.41) is 0. The van der Waals surface area contributed by atoms with E-state index in [1.54, 1.807) is 20.8 Å². The van der Waals surface area contributed by atoms with Crippen LogP contribution in [-0.4, -0.2) is 17.8 Å². The number of alkyl halides is 6. The monoisotopic (exact) mass is 364 g/mol. The molecule has 0 aromatic rings. The molecular weight excluding hydrogens is 330 g/mol. The van der Waals surface area contributed by atoms with Crippen molar-refractivity contribution in [2.45, 2.75) is 110 Å². The lowest BCUT2D eigenvalue weighted by Gasteiger charge is -2.23. The molecule has 0 spiro atoms. The summed E-state index contributed by atoms with van der Waals surface area (Å²) in [6.07, 6.45) is -3.75. The molecule has 0 atom stereocenters. The first-order chi connectivity index (χ1) is 10.9. The standard InChI is InChI=1S/C16H28F6.C2H6/c1-4-5-7-14(17,18)9-11-16(21,22)12-10-15(19,20)8-6-13(2)3;1-2/h13H,4-12H2,1-3H3;1-2H3. The highest BCUT2D eigenvalue weighted by atomic mass is 19.3. The summed E-state index contributed by atoms with van der Waals surface area (Å²) >= 11 is 0. The van der Waals surface area contributed by atoms with Crippen LogP contribution in [-0.2, 0) is 0 Å². The van der Waals surface area contributed by atoms with Crippen molar-refractivity contribution in [2.24, 2.45) is 5.92 Å². The van der Waals surface area contributed by atoms with E-state index in [0.29, 0.717) is 6.42 Å². The van der Waals surface area contributed by atoms with Crippen LogP contribution in [0, 0.1) is 5.92 Å². The van der Waals surface area contributed by atoms with E-state index in [2.05, 4.69) is 0 Å². The molecule has 0 aromatic heterocycles. The maximum atomic E-state index is 13.5. The van der Waals surface area contributed by atoms with Crippen LogP contribution in [0.1, 0.15) is 92.4 Å². The van der Waals surface area contributed by atoms with Crippen molar-refractivity contribution < 1.29 is 26.3 Å². The minimum absolute atomic E-state index is 0.0728. The van der Waals surface area contributed by atoms with Crippen LogP contribution in [0.25, 0.3) is 0 Å². The van der Waals surface area contributed by atoms with Gasteiger partial charge in [0, 0.05) is 38.5 Å². The summed E-state index contributed by atoms with van der Waals surface area (Å²) in [5.41, 5.74) is 0. The SMILES string of the molecule is CC.CCCCC(F)(F)CCC(F)(F)CCC(F)(F)CCC(C)C. The Morgan fingerprint density at radius 1 is 0.625 bits per heavy atom. The molecule has 0 aliphatic heterocycles. The van der Waals surface area contributed by atoms with Gasteiger partial charge in [0.2, 0.25) is 17.8 Å². The quantitative estimate of drug-likeness (QED) is 0.307. The first-order valence-electron chi connectivity index (χ1n) is 9.03. The third-order valence-corrected chi connectivity index (χ3v) is 3.70. The summed E-state index contributed by atoms with van der Waals surface area (Å²) in [6.45, 7) is 9.30. The topological polar surface area (TPSA) is 0 Å². The molecule has 0 aliphatic rings. The lowest BCUT2D eigenvalue weighted by molar-refractivity contribution is -0.0928. The Balaban J connectivity index is 0. The molecule has 0 rings (SSSR count). The van der Waals surface area contributed by atoms with Gasteiger partial charge in [0.1, 0.15) is 0 Å². The van der Waals surface area contributed by atoms with Crippen molar-refractivity contribution in [2.75, 3.05) is 0 Å². The van der Waals surface area contributed by atoms with E-state index in [0.717, 1.165) is 0 Å². The Morgan fingerprint density at radius 2 is 0.958 bits per heavy atom. The molecule has 0 aliphatic carbocycles. The van der Waals surface area contributed by atoms with Gasteiger partial charge in [-0.1, -0.05) is 41.0 Å². The summed E-state index contributed by atoms with van der Waals surface area (Å²) in [5.74, 6) is -9.68. The molecule has 148 valence electrons. The Hall–Kier alpha value is -0.420. The minimum Gasteiger partial charge on any atom is -0.207 e. The van der Waals surface area contributed by atoms with Crippen molar-refractivity contribution in [3.8, 4) is 0 Å². The molecule has 0 saturated carbocycles. The molecule has 0 unspecified atom stereocenters. The van der Waals surface area contributed by atoms with E-state index in [4.69, 9.17) is 0 Å². The second-order valence-corrected chi connectivity index (χ2v) is 6.60. The van der Waals surface area contributed by atoms with E-state index in [1.165, 1.54) is 0 Å². The van der Waals surface area contributed by atoms with Gasteiger partial charge in [-0.3, -0.25) is 0 Å². The third kappa shape index (κ3) is 15.1. The number of halogens is 6. The van der Waals surface area contributed by atoms with Crippen molar-refractivity contribution in [1.82, 2.24) is 0 Å². The normalized spacial score (nSPS) is 13.0. The molecule has 0 radical (unpaired) electrons. The molecular formula is C18H34F6. The van der Waals surface area contributed by atoms with Gasteiger partial charge in [0.25, 0.3) is 0 Å². The molecule has 0 saturated heterocycles. The Kier molecular flexibility index (Phi) is 12.9. The molecule has 6 heteroatoms. The lowest BCUT2D eigenvalue weighted by Crippen LogP contribution is -2.26. The third-order valence-electron chi connectivity index (χ3n) is 3.70. The van der Waals surface area contributed by atoms with Gasteiger partial charge < -0.3 is 0 Å². The summed E-state index contributed by atoms with van der Waals surface area (Å²) in [6, 6.07) is 0. The number of unbranched alkanes of at least 4 members (excludes halogenated alkanes) is 1. The second kappa shape index (κ2) is 12.0. The average Bonchev–Trinajstić information content (AvgIpc) is 2.50. The largest absolute Gasteiger partial charge is 0.248 e. The maximum Gasteiger partial charge on any atom is 0.248 e. The van der Waals surface area contributed by atoms with Gasteiger partial charge in [0.15, 0.2) is 0 Å². The van der Waals surface area contributed by atoms with Gasteiger partial charge in [-0.2, -0.15) is 0 Å². The highest BCUT2D eigenvalue weighted by Crippen LogP contribution is 2.37. The van der Waals surface area contributed by atoms with Crippen LogP contribution in [0.2, 0.25) is 0 Å². The van der Waals surface area contributed by atoms with Crippen molar-refractivity contribution >= 4 is 0 Å². The fourth-order valence-corrected chi connectivity index (χ4v) is 2.04. The van der Waals surface area contributed by atoms with Crippen LogP contribution in [0.15, 0.2) is 0 Å². The minimum atomic E-state index is -3.46. The average molecular weight is 364 g/mol. The van der Waals surface area contributed by atoms with E-state index in [-0.39, 0.29) is 18.8 Å². The zero-order valence-electron chi connectivity index (χ0n) is 15.7. The van der Waals surface area contributed by atoms with Crippen LogP contribution >= 0.6 is 0 Å². The molecule has 0 heterocycles. The van der Waals surface area contributed by atoms with Crippen LogP contribution < -0.4 is 0 Å². The Bertz CT molecular complexity index is 300. The van der Waals surface area contributed by atoms with E-state index in [1.807, 2.05) is 13.8 Å². The predicted molar refractivity (Wildman–Crippen MR) is 88.3 cm³/mol. The van der Waals surface area contributed by atoms with Crippen LogP contribution in [0.4, 0.5) is 26.3 Å². The van der Waals surface area contributed by atoms with Gasteiger partial charge >= 0.3 is 0 Å². The highest BCUT2D eigenvalue weighted by molar-refractivity contribution is 4.77. The van der Waals surface area contributed by atoms with Crippen molar-refractivity contribution in [1.29, 1.82) is 0 Å². The predicted octanol–water partition coefficient (Wildman–Crippen LogP) is 8.11. The number of rotatable bonds is 12. The zero-order valence-corrected chi connectivity index (χ0v) is 15.7. The van der Waals surface area contributed by atoms with Crippen LogP contribution in [0.3, 0.4) is 0 Å². The lowest BCUT2D eigenvalue weighted by atomic mass is 9.97. The first kappa shape index (κ1) is 25.8. The zero-order chi connectivity index (χ0) is 19.4. The molecule has 0 amide bonds. The van der Waals surface area contributed by atoms with E-state index >= 15 is 0 Å². The summed E-state index contributed by atoms with van der Waals surface area (Å²) in [7, 11) is 0. The number of hydrogen-bond donors (Lipinski definition) is 0. The fourth-order valence-electron chi connectivity index (χ4n) is 2.04. The van der Waals surface area contributed by atoms with Crippen molar-refractivity contribution in [3.05, 3.63) is 0 Å². The van der Waals surface area contributed by atoms with Gasteiger partial charge in [-0.25, -0.2) is 26.3 Å². The Labute approximate surface area is 143 Å². The van der Waals surface area contributed by atoms with Gasteiger partial charge in [0.05, 0.1) is 0 Å². The molecule has 0 nitrogen and oxygen atoms in total. The summed E-state index contributed by atoms with van der Waals surface area (Å²) < 4.78 is 80.7. The van der Waals surface area contributed by atoms with Gasteiger partial charge in [-0.05, 0) is 18.8 Å². The fraction of sp³-hybridized carbons (Fsp3) is 1.00. The second-order valence-electron chi connectivity index (χ2n) is 6.60. The molecule has 0 bridgehead atoms. The molecule has 0 fully saturated rings. The molecule has 0 aromatic carbocycles. The molecule has 24 heavy (non-hydrogen) atoms. The van der Waals surface area contributed by atoms with Crippen molar-refractivity contribution in [3.63, 3.8) is 0 Å². The van der Waals surface area contributed by atoms with E-state index in [9.17, 15) is 26.3 Å². The first-order valence-corrected chi connectivity index (χ1v) is 9.03. The Morgan fingerprint density at radius 3 is 1.29 bits per heavy atom. The molecule has 0 N–H and O–H groups in total. The highest BCUT2D eigenvalue weighted by Gasteiger charge is 2.39. The number of hydrogen-bond acceptors (Lipinski definition) is 0. The van der Waals surface area contributed by atoms with Gasteiger partial charge in [-0.15, -0.1) is 0 Å². The summed E-state index contributed by atoms with van der Waals surface area (Å²) in [4.78, 5) is 0. The maximum absolute atomic E-state index is 13.5. The van der Waals surface area contributed by atoms with Crippen LogP contribution in [0.5, 0.6) is 0 Å². The smallest absolute Gasteiger partial charge is 0.207 e. The van der Waals surface area contributed by atoms with E-state index < -0.39 is 56.3 Å².